The minimum Gasteiger partial charge on any atom is -0.480 e. The lowest BCUT2D eigenvalue weighted by Gasteiger charge is -2.09. The number of carboxylic acids is 1. The lowest BCUT2D eigenvalue weighted by molar-refractivity contribution is -0.138. The average molecular weight is 220 g/mol. The second-order valence-electron chi connectivity index (χ2n) is 4.05. The molecule has 1 rings (SSSR count). The first-order valence-electron chi connectivity index (χ1n) is 5.25. The fourth-order valence-corrected chi connectivity index (χ4v) is 1.30. The van der Waals surface area contributed by atoms with Gasteiger partial charge in [0.25, 0.3) is 0 Å². The number of aliphatic carboxylic acids is 1. The van der Waals surface area contributed by atoms with Gasteiger partial charge in [-0.2, -0.15) is 0 Å². The van der Waals surface area contributed by atoms with Gasteiger partial charge in [-0.15, -0.1) is 0 Å². The number of rotatable bonds is 5. The van der Waals surface area contributed by atoms with Gasteiger partial charge in [-0.3, -0.25) is 9.98 Å². The second-order valence-corrected chi connectivity index (χ2v) is 4.05. The highest BCUT2D eigenvalue weighted by Crippen LogP contribution is 2.08. The molecular weight excluding hydrogens is 204 g/mol. The van der Waals surface area contributed by atoms with Crippen molar-refractivity contribution in [3.63, 3.8) is 0 Å². The first-order chi connectivity index (χ1) is 7.59. The monoisotopic (exact) mass is 220 g/mol. The number of hydrogen-bond acceptors (Lipinski definition) is 3. The summed E-state index contributed by atoms with van der Waals surface area (Å²) in [5.74, 6) is -0.569. The molecule has 1 unspecified atom stereocenters. The molecule has 0 aliphatic rings. The van der Waals surface area contributed by atoms with Gasteiger partial charge in [0.15, 0.2) is 0 Å². The summed E-state index contributed by atoms with van der Waals surface area (Å²) in [6, 6.07) is 2.96. The number of carbonyl (C=O) groups is 1. The zero-order valence-corrected chi connectivity index (χ0v) is 9.50. The van der Waals surface area contributed by atoms with Gasteiger partial charge in [0, 0.05) is 24.2 Å². The molecule has 0 saturated heterocycles. The molecule has 1 aromatic rings. The number of pyridine rings is 1. The Balaban J connectivity index is 2.68. The van der Waals surface area contributed by atoms with Crippen molar-refractivity contribution < 1.29 is 9.90 Å². The lowest BCUT2D eigenvalue weighted by Crippen LogP contribution is -2.20. The van der Waals surface area contributed by atoms with Crippen molar-refractivity contribution in [3.8, 4) is 0 Å². The Kier molecular flexibility index (Phi) is 4.64. The third-order valence-corrected chi connectivity index (χ3v) is 2.07. The third kappa shape index (κ3) is 4.21. The van der Waals surface area contributed by atoms with Crippen molar-refractivity contribution in [2.45, 2.75) is 26.3 Å². The highest BCUT2D eigenvalue weighted by atomic mass is 16.4. The summed E-state index contributed by atoms with van der Waals surface area (Å²) in [7, 11) is 0. The molecule has 0 amide bonds. The standard InChI is InChI=1S/C12H16N2O2/c1-9(2)6-11(12(15)16)14-8-10-4-3-5-13-7-10/h3-5,7-9,11H,6H2,1-2H3,(H,15,16)/b14-8+. The maximum Gasteiger partial charge on any atom is 0.328 e. The van der Waals surface area contributed by atoms with Crippen LogP contribution >= 0.6 is 0 Å². The van der Waals surface area contributed by atoms with Crippen LogP contribution in [0.1, 0.15) is 25.8 Å². The highest BCUT2D eigenvalue weighted by Gasteiger charge is 2.16. The Hall–Kier alpha value is -1.71. The van der Waals surface area contributed by atoms with Crippen LogP contribution in [0.4, 0.5) is 0 Å². The molecule has 0 saturated carbocycles. The normalized spacial score (nSPS) is 13.2. The SMILES string of the molecule is CC(C)CC(/N=C/c1cccnc1)C(=O)O. The molecule has 4 heteroatoms. The van der Waals surface area contributed by atoms with Gasteiger partial charge in [0.05, 0.1) is 0 Å². The molecular formula is C12H16N2O2. The molecule has 1 heterocycles. The molecule has 0 aromatic carbocycles. The van der Waals surface area contributed by atoms with Crippen LogP contribution < -0.4 is 0 Å². The van der Waals surface area contributed by atoms with Gasteiger partial charge in [-0.25, -0.2) is 4.79 Å². The van der Waals surface area contributed by atoms with E-state index < -0.39 is 12.0 Å². The van der Waals surface area contributed by atoms with E-state index in [0.29, 0.717) is 12.3 Å². The molecule has 0 aliphatic carbocycles. The maximum absolute atomic E-state index is 10.9. The molecule has 1 aromatic heterocycles. The van der Waals surface area contributed by atoms with Crippen LogP contribution in [0.15, 0.2) is 29.5 Å². The molecule has 4 nitrogen and oxygen atoms in total. The van der Waals surface area contributed by atoms with Crippen LogP contribution in [0, 0.1) is 5.92 Å². The Morgan fingerprint density at radius 3 is 2.88 bits per heavy atom. The van der Waals surface area contributed by atoms with E-state index in [1.54, 1.807) is 24.7 Å². The van der Waals surface area contributed by atoms with Gasteiger partial charge < -0.3 is 5.11 Å². The summed E-state index contributed by atoms with van der Waals surface area (Å²) in [5, 5.41) is 8.97. The van der Waals surface area contributed by atoms with E-state index in [4.69, 9.17) is 5.11 Å². The molecule has 0 radical (unpaired) electrons. The van der Waals surface area contributed by atoms with Gasteiger partial charge in [-0.1, -0.05) is 19.9 Å². The number of aromatic nitrogens is 1. The Morgan fingerprint density at radius 1 is 1.62 bits per heavy atom. The van der Waals surface area contributed by atoms with Crippen LogP contribution in [0.3, 0.4) is 0 Å². The smallest absolute Gasteiger partial charge is 0.328 e. The maximum atomic E-state index is 10.9. The third-order valence-electron chi connectivity index (χ3n) is 2.07. The number of carboxylic acid groups (broad SMARTS) is 1. The topological polar surface area (TPSA) is 62.5 Å². The molecule has 0 spiro atoms. The van der Waals surface area contributed by atoms with Crippen molar-refractivity contribution in [1.82, 2.24) is 4.98 Å². The molecule has 0 aliphatic heterocycles. The summed E-state index contributed by atoms with van der Waals surface area (Å²) in [4.78, 5) is 18.9. The van der Waals surface area contributed by atoms with E-state index in [2.05, 4.69) is 9.98 Å². The van der Waals surface area contributed by atoms with E-state index in [0.717, 1.165) is 5.56 Å². The quantitative estimate of drug-likeness (QED) is 0.772. The van der Waals surface area contributed by atoms with E-state index in [1.807, 2.05) is 19.9 Å². The summed E-state index contributed by atoms with van der Waals surface area (Å²) in [6.07, 6.45) is 5.43. The predicted octanol–water partition coefficient (Wildman–Crippen LogP) is 2.00. The zero-order chi connectivity index (χ0) is 12.0. The number of aliphatic imine (C=N–C) groups is 1. The molecule has 0 fully saturated rings. The predicted molar refractivity (Wildman–Crippen MR) is 62.7 cm³/mol. The Bertz CT molecular complexity index is 361. The first-order valence-corrected chi connectivity index (χ1v) is 5.25. The van der Waals surface area contributed by atoms with Gasteiger partial charge in [0.1, 0.15) is 6.04 Å². The van der Waals surface area contributed by atoms with Gasteiger partial charge >= 0.3 is 5.97 Å². The van der Waals surface area contributed by atoms with Crippen molar-refractivity contribution in [2.24, 2.45) is 10.9 Å². The minimum absolute atomic E-state index is 0.312. The minimum atomic E-state index is -0.881. The van der Waals surface area contributed by atoms with E-state index in [9.17, 15) is 4.79 Å². The second kappa shape index (κ2) is 6.00. The summed E-state index contributed by atoms with van der Waals surface area (Å²) in [6.45, 7) is 3.96. The van der Waals surface area contributed by atoms with Gasteiger partial charge in [0.2, 0.25) is 0 Å². The zero-order valence-electron chi connectivity index (χ0n) is 9.50. The molecule has 1 N–H and O–H groups in total. The highest BCUT2D eigenvalue weighted by molar-refractivity contribution is 5.82. The summed E-state index contributed by atoms with van der Waals surface area (Å²) >= 11 is 0. The van der Waals surface area contributed by atoms with Crippen molar-refractivity contribution >= 4 is 12.2 Å². The molecule has 1 atom stereocenters. The van der Waals surface area contributed by atoms with Gasteiger partial charge in [-0.05, 0) is 18.4 Å². The summed E-state index contributed by atoms with van der Waals surface area (Å²) < 4.78 is 0. The first kappa shape index (κ1) is 12.4. The van der Waals surface area contributed by atoms with Crippen LogP contribution in [0.2, 0.25) is 0 Å². The Morgan fingerprint density at radius 2 is 2.38 bits per heavy atom. The average Bonchev–Trinajstić information content (AvgIpc) is 2.25. The van der Waals surface area contributed by atoms with Crippen LogP contribution in [0.25, 0.3) is 0 Å². The molecule has 86 valence electrons. The van der Waals surface area contributed by atoms with E-state index in [-0.39, 0.29) is 0 Å². The number of nitrogens with zero attached hydrogens (tertiary/aromatic N) is 2. The number of hydrogen-bond donors (Lipinski definition) is 1. The van der Waals surface area contributed by atoms with Crippen molar-refractivity contribution in [1.29, 1.82) is 0 Å². The fourth-order valence-electron chi connectivity index (χ4n) is 1.30. The Labute approximate surface area is 95.1 Å². The summed E-state index contributed by atoms with van der Waals surface area (Å²) in [5.41, 5.74) is 0.817. The fraction of sp³-hybridized carbons (Fsp3) is 0.417. The van der Waals surface area contributed by atoms with Crippen molar-refractivity contribution in [2.75, 3.05) is 0 Å². The van der Waals surface area contributed by atoms with Crippen molar-refractivity contribution in [3.05, 3.63) is 30.1 Å². The van der Waals surface area contributed by atoms with E-state index >= 15 is 0 Å². The molecule has 16 heavy (non-hydrogen) atoms. The molecule has 0 bridgehead atoms. The largest absolute Gasteiger partial charge is 0.480 e. The van der Waals surface area contributed by atoms with Crippen LogP contribution in [-0.4, -0.2) is 28.3 Å². The lowest BCUT2D eigenvalue weighted by atomic mass is 10.0. The van der Waals surface area contributed by atoms with Crippen LogP contribution in [-0.2, 0) is 4.79 Å². The van der Waals surface area contributed by atoms with Crippen LogP contribution in [0.5, 0.6) is 0 Å². The van der Waals surface area contributed by atoms with E-state index in [1.165, 1.54) is 0 Å².